The zero-order valence-corrected chi connectivity index (χ0v) is 15.9. The van der Waals surface area contributed by atoms with Crippen molar-refractivity contribution in [3.05, 3.63) is 41.0 Å². The summed E-state index contributed by atoms with van der Waals surface area (Å²) in [6.07, 6.45) is 0.589. The fraction of sp³-hybridized carbons (Fsp3) is 0.389. The average molecular weight is 380 g/mol. The Labute approximate surface area is 157 Å². The zero-order chi connectivity index (χ0) is 19.3. The molecule has 26 heavy (non-hydrogen) atoms. The Hall–Kier alpha value is -2.54. The van der Waals surface area contributed by atoms with Crippen molar-refractivity contribution in [2.45, 2.75) is 39.3 Å². The van der Waals surface area contributed by atoms with Gasteiger partial charge in [0, 0.05) is 22.7 Å². The van der Waals surface area contributed by atoms with E-state index in [4.69, 9.17) is 21.1 Å². The van der Waals surface area contributed by atoms with Gasteiger partial charge in [-0.15, -0.1) is 0 Å². The van der Waals surface area contributed by atoms with Crippen LogP contribution in [-0.4, -0.2) is 34.9 Å². The van der Waals surface area contributed by atoms with Crippen LogP contribution in [0.4, 0.5) is 5.82 Å². The van der Waals surface area contributed by atoms with Crippen molar-refractivity contribution in [1.82, 2.24) is 9.78 Å². The van der Waals surface area contributed by atoms with Gasteiger partial charge in [0.05, 0.1) is 19.7 Å². The van der Waals surface area contributed by atoms with Crippen LogP contribution in [0.15, 0.2) is 30.5 Å². The maximum Gasteiger partial charge on any atom is 0.311 e. The normalized spacial score (nSPS) is 11.9. The lowest BCUT2D eigenvalue weighted by Crippen LogP contribution is -2.31. The van der Waals surface area contributed by atoms with Crippen LogP contribution in [0.3, 0.4) is 0 Å². The van der Waals surface area contributed by atoms with E-state index in [-0.39, 0.29) is 12.5 Å². The molecule has 1 heterocycles. The molecule has 0 aliphatic heterocycles. The average Bonchev–Trinajstić information content (AvgIpc) is 3.03. The molecular formula is C18H22ClN3O4. The van der Waals surface area contributed by atoms with Crippen LogP contribution in [0.2, 0.25) is 5.02 Å². The van der Waals surface area contributed by atoms with E-state index >= 15 is 0 Å². The van der Waals surface area contributed by atoms with Crippen LogP contribution in [0.25, 0.3) is 0 Å². The summed E-state index contributed by atoms with van der Waals surface area (Å²) in [4.78, 5) is 24.4. The van der Waals surface area contributed by atoms with Crippen LogP contribution < -0.4 is 10.1 Å². The number of nitrogens with one attached hydrogen (secondary N) is 1. The molecule has 1 atom stereocenters. The second kappa shape index (κ2) is 8.71. The van der Waals surface area contributed by atoms with Gasteiger partial charge >= 0.3 is 5.97 Å². The minimum absolute atomic E-state index is 0.0503. The molecule has 0 aliphatic rings. The van der Waals surface area contributed by atoms with Gasteiger partial charge in [0.25, 0.3) is 5.91 Å². The topological polar surface area (TPSA) is 82.4 Å². The molecule has 0 saturated heterocycles. The molecule has 0 bridgehead atoms. The highest BCUT2D eigenvalue weighted by Crippen LogP contribution is 2.23. The molecule has 0 aliphatic carbocycles. The van der Waals surface area contributed by atoms with Crippen molar-refractivity contribution < 1.29 is 19.1 Å². The van der Waals surface area contributed by atoms with Crippen LogP contribution >= 0.6 is 11.6 Å². The minimum atomic E-state index is -0.955. The van der Waals surface area contributed by atoms with E-state index in [9.17, 15) is 9.59 Å². The molecule has 0 fully saturated rings. The highest BCUT2D eigenvalue weighted by molar-refractivity contribution is 6.30. The number of ether oxygens (including phenoxy) is 2. The number of nitrogens with zero attached hydrogens (tertiary/aromatic N) is 2. The quantitative estimate of drug-likeness (QED) is 0.747. The molecule has 1 N–H and O–H groups in total. The summed E-state index contributed by atoms with van der Waals surface area (Å²) in [6.45, 7) is 5.41. The number of anilines is 1. The van der Waals surface area contributed by atoms with Gasteiger partial charge in [-0.3, -0.25) is 9.59 Å². The van der Waals surface area contributed by atoms with E-state index in [0.29, 0.717) is 22.2 Å². The Morgan fingerprint density at radius 2 is 2.00 bits per heavy atom. The minimum Gasteiger partial charge on any atom is -0.496 e. The lowest BCUT2D eigenvalue weighted by molar-refractivity contribution is -0.152. The van der Waals surface area contributed by atoms with Crippen LogP contribution in [-0.2, 0) is 20.7 Å². The monoisotopic (exact) mass is 379 g/mol. The van der Waals surface area contributed by atoms with Crippen LogP contribution in [0.5, 0.6) is 5.75 Å². The summed E-state index contributed by atoms with van der Waals surface area (Å²) in [5, 5.41) is 7.34. The number of hydrogen-bond acceptors (Lipinski definition) is 5. The maximum atomic E-state index is 12.3. The van der Waals surface area contributed by atoms with E-state index < -0.39 is 18.0 Å². The van der Waals surface area contributed by atoms with E-state index in [1.807, 2.05) is 13.8 Å². The lowest BCUT2D eigenvalue weighted by Gasteiger charge is -2.16. The molecule has 0 saturated carbocycles. The van der Waals surface area contributed by atoms with Gasteiger partial charge in [-0.25, -0.2) is 4.68 Å². The number of carbonyl (C=O) groups is 2. The molecule has 8 heteroatoms. The second-order valence-electron chi connectivity index (χ2n) is 6.01. The van der Waals surface area contributed by atoms with Gasteiger partial charge < -0.3 is 14.8 Å². The summed E-state index contributed by atoms with van der Waals surface area (Å²) in [6, 6.07) is 6.75. The Kier molecular flexibility index (Phi) is 6.63. The van der Waals surface area contributed by atoms with Crippen molar-refractivity contribution >= 4 is 29.3 Å². The number of methoxy groups -OCH3 is 1. The first-order valence-corrected chi connectivity index (χ1v) is 8.56. The SMILES string of the molecule is COc1ccc(Cl)cc1CC(=O)O[C@H](C)C(=O)Nc1ccnn1C(C)C. The molecule has 0 unspecified atom stereocenters. The third-order valence-electron chi connectivity index (χ3n) is 3.67. The van der Waals surface area contributed by atoms with E-state index in [2.05, 4.69) is 10.4 Å². The number of benzene rings is 1. The molecule has 0 spiro atoms. The van der Waals surface area contributed by atoms with Crippen molar-refractivity contribution in [3.8, 4) is 5.75 Å². The third-order valence-corrected chi connectivity index (χ3v) is 3.90. The first-order valence-electron chi connectivity index (χ1n) is 8.18. The predicted molar refractivity (Wildman–Crippen MR) is 98.5 cm³/mol. The molecule has 7 nitrogen and oxygen atoms in total. The number of rotatable bonds is 7. The second-order valence-corrected chi connectivity index (χ2v) is 6.45. The molecule has 1 aromatic carbocycles. The van der Waals surface area contributed by atoms with Crippen molar-refractivity contribution in [3.63, 3.8) is 0 Å². The van der Waals surface area contributed by atoms with Gasteiger partial charge in [0.2, 0.25) is 0 Å². The molecule has 0 radical (unpaired) electrons. The number of aromatic nitrogens is 2. The molecular weight excluding hydrogens is 358 g/mol. The number of esters is 1. The van der Waals surface area contributed by atoms with E-state index in [1.54, 1.807) is 35.1 Å². The lowest BCUT2D eigenvalue weighted by atomic mass is 10.1. The Bertz CT molecular complexity index is 788. The molecule has 140 valence electrons. The Morgan fingerprint density at radius 3 is 2.65 bits per heavy atom. The Balaban J connectivity index is 1.97. The van der Waals surface area contributed by atoms with Crippen molar-refractivity contribution in [2.75, 3.05) is 12.4 Å². The highest BCUT2D eigenvalue weighted by atomic mass is 35.5. The largest absolute Gasteiger partial charge is 0.496 e. The summed E-state index contributed by atoms with van der Waals surface area (Å²) >= 11 is 5.95. The number of hydrogen-bond donors (Lipinski definition) is 1. The fourth-order valence-electron chi connectivity index (χ4n) is 2.39. The van der Waals surface area contributed by atoms with Gasteiger partial charge in [0.15, 0.2) is 6.10 Å². The highest BCUT2D eigenvalue weighted by Gasteiger charge is 2.21. The zero-order valence-electron chi connectivity index (χ0n) is 15.2. The summed E-state index contributed by atoms with van der Waals surface area (Å²) in [7, 11) is 1.51. The number of carbonyl (C=O) groups excluding carboxylic acids is 2. The summed E-state index contributed by atoms with van der Waals surface area (Å²) in [5.74, 6) is 0.0955. The van der Waals surface area contributed by atoms with Gasteiger partial charge in [-0.05, 0) is 39.0 Å². The van der Waals surface area contributed by atoms with Crippen LogP contribution in [0.1, 0.15) is 32.4 Å². The third kappa shape index (κ3) is 4.98. The van der Waals surface area contributed by atoms with E-state index in [1.165, 1.54) is 14.0 Å². The molecule has 2 aromatic rings. The van der Waals surface area contributed by atoms with Gasteiger partial charge in [-0.1, -0.05) is 11.6 Å². The maximum absolute atomic E-state index is 12.3. The smallest absolute Gasteiger partial charge is 0.311 e. The van der Waals surface area contributed by atoms with Gasteiger partial charge in [-0.2, -0.15) is 5.10 Å². The molecule has 1 amide bonds. The van der Waals surface area contributed by atoms with Crippen molar-refractivity contribution in [2.24, 2.45) is 0 Å². The number of halogens is 1. The fourth-order valence-corrected chi connectivity index (χ4v) is 2.58. The first kappa shape index (κ1) is 19.8. The Morgan fingerprint density at radius 1 is 1.27 bits per heavy atom. The standard InChI is InChI=1S/C18H22ClN3O4/c1-11(2)22-16(7-8-20-22)21-18(24)12(3)26-17(23)10-13-9-14(19)5-6-15(13)25-4/h5-9,11-12H,10H2,1-4H3,(H,21,24)/t12-/m1/s1. The molecule has 1 aromatic heterocycles. The summed E-state index contributed by atoms with van der Waals surface area (Å²) < 4.78 is 12.1. The number of amides is 1. The summed E-state index contributed by atoms with van der Waals surface area (Å²) in [5.41, 5.74) is 0.593. The first-order chi connectivity index (χ1) is 12.3. The van der Waals surface area contributed by atoms with Gasteiger partial charge in [0.1, 0.15) is 11.6 Å². The van der Waals surface area contributed by atoms with E-state index in [0.717, 1.165) is 0 Å². The molecule has 2 rings (SSSR count). The van der Waals surface area contributed by atoms with Crippen molar-refractivity contribution in [1.29, 1.82) is 0 Å². The van der Waals surface area contributed by atoms with Crippen LogP contribution in [0, 0.1) is 0 Å². The predicted octanol–water partition coefficient (Wildman–Crippen LogP) is 3.24.